The van der Waals surface area contributed by atoms with E-state index in [1.807, 2.05) is 42.8 Å². The summed E-state index contributed by atoms with van der Waals surface area (Å²) in [6.45, 7) is 3.92. The third-order valence-electron chi connectivity index (χ3n) is 4.18. The molecule has 4 nitrogen and oxygen atoms in total. The van der Waals surface area contributed by atoms with E-state index in [9.17, 15) is 4.79 Å². The van der Waals surface area contributed by atoms with E-state index in [1.165, 1.54) is 25.9 Å². The highest BCUT2D eigenvalue weighted by Gasteiger charge is 2.16. The van der Waals surface area contributed by atoms with E-state index < -0.39 is 0 Å². The predicted octanol–water partition coefficient (Wildman–Crippen LogP) is 2.94. The number of rotatable bonds is 6. The van der Waals surface area contributed by atoms with E-state index >= 15 is 0 Å². The number of nitrogens with zero attached hydrogens (tertiary/aromatic N) is 3. The minimum atomic E-state index is 0.117. The van der Waals surface area contributed by atoms with Gasteiger partial charge in [-0.2, -0.15) is 0 Å². The topological polar surface area (TPSA) is 36.4 Å². The summed E-state index contributed by atoms with van der Waals surface area (Å²) in [6, 6.07) is 10.1. The van der Waals surface area contributed by atoms with Crippen molar-refractivity contribution in [1.29, 1.82) is 0 Å². The number of benzene rings is 1. The van der Waals surface area contributed by atoms with E-state index in [0.717, 1.165) is 22.8 Å². The lowest BCUT2D eigenvalue weighted by Gasteiger charge is -2.16. The Kier molecular flexibility index (Phi) is 5.41. The van der Waals surface area contributed by atoms with Crippen LogP contribution in [-0.4, -0.2) is 40.8 Å². The van der Waals surface area contributed by atoms with Gasteiger partial charge in [-0.05, 0) is 31.5 Å². The molecule has 0 radical (unpaired) electrons. The van der Waals surface area contributed by atoms with Gasteiger partial charge in [0.05, 0.1) is 18.7 Å². The van der Waals surface area contributed by atoms with Gasteiger partial charge in [-0.15, -0.1) is 11.3 Å². The Morgan fingerprint density at radius 2 is 2.00 bits per heavy atom. The molecule has 2 heterocycles. The summed E-state index contributed by atoms with van der Waals surface area (Å²) in [7, 11) is 1.85. The van der Waals surface area contributed by atoms with Crippen LogP contribution in [0, 0.1) is 0 Å². The first-order valence-corrected chi connectivity index (χ1v) is 9.02. The molecule has 1 aliphatic rings. The lowest BCUT2D eigenvalue weighted by Crippen LogP contribution is -2.27. The molecule has 0 bridgehead atoms. The Morgan fingerprint density at radius 1 is 1.26 bits per heavy atom. The van der Waals surface area contributed by atoms with E-state index in [2.05, 4.69) is 9.88 Å². The molecule has 0 spiro atoms. The van der Waals surface area contributed by atoms with Crippen LogP contribution in [0.15, 0.2) is 35.7 Å². The van der Waals surface area contributed by atoms with Gasteiger partial charge in [-0.25, -0.2) is 4.98 Å². The minimum Gasteiger partial charge on any atom is -0.341 e. The van der Waals surface area contributed by atoms with Crippen molar-refractivity contribution in [3.05, 3.63) is 52.0 Å². The van der Waals surface area contributed by atoms with Crippen molar-refractivity contribution >= 4 is 17.2 Å². The maximum Gasteiger partial charge on any atom is 0.228 e. The number of thiazole rings is 1. The van der Waals surface area contributed by atoms with Gasteiger partial charge in [0.25, 0.3) is 0 Å². The molecule has 0 unspecified atom stereocenters. The molecule has 3 rings (SSSR count). The van der Waals surface area contributed by atoms with E-state index in [4.69, 9.17) is 0 Å². The summed E-state index contributed by atoms with van der Waals surface area (Å²) in [5, 5.41) is 3.15. The molecular weight excluding hydrogens is 306 g/mol. The first-order valence-electron chi connectivity index (χ1n) is 8.14. The van der Waals surface area contributed by atoms with Crippen LogP contribution >= 0.6 is 11.3 Å². The molecule has 1 amide bonds. The summed E-state index contributed by atoms with van der Waals surface area (Å²) in [5.41, 5.74) is 2.05. The number of amides is 1. The summed E-state index contributed by atoms with van der Waals surface area (Å²) in [5.74, 6) is 0.117. The zero-order valence-electron chi connectivity index (χ0n) is 13.6. The minimum absolute atomic E-state index is 0.117. The maximum absolute atomic E-state index is 12.4. The largest absolute Gasteiger partial charge is 0.341 e. The van der Waals surface area contributed by atoms with Gasteiger partial charge in [0.2, 0.25) is 5.91 Å². The molecule has 5 heteroatoms. The molecule has 1 fully saturated rings. The summed E-state index contributed by atoms with van der Waals surface area (Å²) < 4.78 is 0. The summed E-state index contributed by atoms with van der Waals surface area (Å²) in [6.07, 6.45) is 2.97. The van der Waals surface area contributed by atoms with Crippen LogP contribution in [0.5, 0.6) is 0 Å². The fraction of sp³-hybridized carbons (Fsp3) is 0.444. The molecule has 0 aliphatic carbocycles. The Balaban J connectivity index is 1.52. The standard InChI is InChI=1S/C18H23N3OS/c1-20(12-15-7-3-2-4-8-15)18(22)11-16-14-23-17(19-16)13-21-9-5-6-10-21/h2-4,7-8,14H,5-6,9-13H2,1H3. The predicted molar refractivity (Wildman–Crippen MR) is 93.2 cm³/mol. The monoisotopic (exact) mass is 329 g/mol. The van der Waals surface area contributed by atoms with Gasteiger partial charge in [-0.1, -0.05) is 30.3 Å². The van der Waals surface area contributed by atoms with Crippen molar-refractivity contribution in [2.45, 2.75) is 32.4 Å². The number of carbonyl (C=O) groups is 1. The Morgan fingerprint density at radius 3 is 2.74 bits per heavy atom. The first-order chi connectivity index (χ1) is 11.2. The van der Waals surface area contributed by atoms with Crippen molar-refractivity contribution < 1.29 is 4.79 Å². The van der Waals surface area contributed by atoms with Crippen LogP contribution < -0.4 is 0 Å². The number of aromatic nitrogens is 1. The molecule has 1 aliphatic heterocycles. The molecule has 122 valence electrons. The van der Waals surface area contributed by atoms with Gasteiger partial charge in [0.15, 0.2) is 0 Å². The first kappa shape index (κ1) is 16.1. The van der Waals surface area contributed by atoms with Crippen LogP contribution in [-0.2, 0) is 24.3 Å². The smallest absolute Gasteiger partial charge is 0.228 e. The van der Waals surface area contributed by atoms with Crippen molar-refractivity contribution in [2.24, 2.45) is 0 Å². The van der Waals surface area contributed by atoms with Crippen LogP contribution in [0.2, 0.25) is 0 Å². The van der Waals surface area contributed by atoms with E-state index in [-0.39, 0.29) is 5.91 Å². The van der Waals surface area contributed by atoms with Gasteiger partial charge in [-0.3, -0.25) is 9.69 Å². The number of likely N-dealkylation sites (tertiary alicyclic amines) is 1. The molecule has 1 aromatic heterocycles. The number of carbonyl (C=O) groups excluding carboxylic acids is 1. The quantitative estimate of drug-likeness (QED) is 0.817. The van der Waals surface area contributed by atoms with Crippen molar-refractivity contribution in [2.75, 3.05) is 20.1 Å². The van der Waals surface area contributed by atoms with E-state index in [1.54, 1.807) is 16.2 Å². The lowest BCUT2D eigenvalue weighted by molar-refractivity contribution is -0.129. The Hall–Kier alpha value is -1.72. The molecule has 1 saturated heterocycles. The molecule has 1 aromatic carbocycles. The zero-order chi connectivity index (χ0) is 16.1. The van der Waals surface area contributed by atoms with Crippen molar-refractivity contribution in [3.63, 3.8) is 0 Å². The highest BCUT2D eigenvalue weighted by atomic mass is 32.1. The number of hydrogen-bond donors (Lipinski definition) is 0. The molecule has 0 saturated carbocycles. The maximum atomic E-state index is 12.4. The molecule has 23 heavy (non-hydrogen) atoms. The second kappa shape index (κ2) is 7.70. The van der Waals surface area contributed by atoms with Crippen molar-refractivity contribution in [1.82, 2.24) is 14.8 Å². The fourth-order valence-electron chi connectivity index (χ4n) is 2.87. The SMILES string of the molecule is CN(Cc1ccccc1)C(=O)Cc1csc(CN2CCCC2)n1. The van der Waals surface area contributed by atoms with Gasteiger partial charge >= 0.3 is 0 Å². The normalized spacial score (nSPS) is 15.0. The third-order valence-corrected chi connectivity index (χ3v) is 5.06. The summed E-state index contributed by atoms with van der Waals surface area (Å²) >= 11 is 1.67. The second-order valence-corrected chi connectivity index (χ2v) is 7.07. The molecule has 0 N–H and O–H groups in total. The second-order valence-electron chi connectivity index (χ2n) is 6.13. The Bertz CT molecular complexity index is 635. The Labute approximate surface area is 141 Å². The average Bonchev–Trinajstić information content (AvgIpc) is 3.21. The summed E-state index contributed by atoms with van der Waals surface area (Å²) in [4.78, 5) is 21.2. The van der Waals surface area contributed by atoms with Crippen LogP contribution in [0.3, 0.4) is 0 Å². The van der Waals surface area contributed by atoms with Gasteiger partial charge in [0.1, 0.15) is 5.01 Å². The van der Waals surface area contributed by atoms with E-state index in [0.29, 0.717) is 13.0 Å². The van der Waals surface area contributed by atoms with Crippen LogP contribution in [0.1, 0.15) is 29.1 Å². The van der Waals surface area contributed by atoms with Crippen LogP contribution in [0.25, 0.3) is 0 Å². The lowest BCUT2D eigenvalue weighted by atomic mass is 10.2. The highest BCUT2D eigenvalue weighted by Crippen LogP contribution is 2.17. The molecular formula is C18H23N3OS. The fourth-order valence-corrected chi connectivity index (χ4v) is 3.71. The van der Waals surface area contributed by atoms with Crippen LogP contribution in [0.4, 0.5) is 0 Å². The average molecular weight is 329 g/mol. The van der Waals surface area contributed by atoms with Gasteiger partial charge in [0, 0.05) is 19.0 Å². The third kappa shape index (κ3) is 4.62. The number of likely N-dealkylation sites (N-methyl/N-ethyl adjacent to an activating group) is 1. The highest BCUT2D eigenvalue weighted by molar-refractivity contribution is 7.09. The molecule has 2 aromatic rings. The van der Waals surface area contributed by atoms with Gasteiger partial charge < -0.3 is 4.90 Å². The zero-order valence-corrected chi connectivity index (χ0v) is 14.4. The molecule has 0 atom stereocenters. The van der Waals surface area contributed by atoms with Crippen molar-refractivity contribution in [3.8, 4) is 0 Å². The number of hydrogen-bond acceptors (Lipinski definition) is 4.